The maximum atomic E-state index is 13.2. The average molecular weight is 272 g/mol. The Labute approximate surface area is 108 Å². The van der Waals surface area contributed by atoms with Gasteiger partial charge in [-0.05, 0) is 18.2 Å². The monoisotopic (exact) mass is 271 g/mol. The highest BCUT2D eigenvalue weighted by molar-refractivity contribution is 6.30. The van der Waals surface area contributed by atoms with Crippen molar-refractivity contribution in [2.75, 3.05) is 0 Å². The molecule has 0 fully saturated rings. The van der Waals surface area contributed by atoms with Crippen LogP contribution in [0.15, 0.2) is 36.7 Å². The third-order valence-electron chi connectivity index (χ3n) is 2.12. The van der Waals surface area contributed by atoms with E-state index in [4.69, 9.17) is 27.9 Å². The van der Waals surface area contributed by atoms with Gasteiger partial charge in [0.1, 0.15) is 17.3 Å². The highest BCUT2D eigenvalue weighted by Crippen LogP contribution is 2.28. The molecule has 0 saturated heterocycles. The van der Waals surface area contributed by atoms with E-state index >= 15 is 0 Å². The van der Waals surface area contributed by atoms with Crippen molar-refractivity contribution in [3.05, 3.63) is 53.1 Å². The molecule has 0 saturated carbocycles. The number of aromatic nitrogens is 1. The first-order valence-electron chi connectivity index (χ1n) is 4.82. The molecule has 0 aliphatic rings. The standard InChI is InChI=1S/C12H8Cl2FNO/c13-6-8-7-16-4-3-12(8)17-9-1-2-10(14)11(15)5-9/h1-5,7H,6H2. The maximum Gasteiger partial charge on any atom is 0.145 e. The van der Waals surface area contributed by atoms with E-state index in [1.807, 2.05) is 0 Å². The summed E-state index contributed by atoms with van der Waals surface area (Å²) >= 11 is 11.3. The predicted molar refractivity (Wildman–Crippen MR) is 65.3 cm³/mol. The van der Waals surface area contributed by atoms with Gasteiger partial charge in [-0.15, -0.1) is 11.6 Å². The fraction of sp³-hybridized carbons (Fsp3) is 0.0833. The molecule has 0 amide bonds. The van der Waals surface area contributed by atoms with E-state index in [1.54, 1.807) is 24.5 Å². The van der Waals surface area contributed by atoms with E-state index < -0.39 is 5.82 Å². The van der Waals surface area contributed by atoms with Gasteiger partial charge in [0, 0.05) is 24.0 Å². The van der Waals surface area contributed by atoms with Gasteiger partial charge in [-0.3, -0.25) is 4.98 Å². The lowest BCUT2D eigenvalue weighted by atomic mass is 10.3. The Morgan fingerprint density at radius 1 is 1.29 bits per heavy atom. The van der Waals surface area contributed by atoms with Gasteiger partial charge in [0.05, 0.1) is 10.9 Å². The molecule has 0 aliphatic heterocycles. The normalized spacial score (nSPS) is 10.3. The molecule has 2 aromatic rings. The van der Waals surface area contributed by atoms with Crippen LogP contribution in [0.2, 0.25) is 5.02 Å². The minimum absolute atomic E-state index is 0.0599. The van der Waals surface area contributed by atoms with E-state index in [0.717, 1.165) is 5.56 Å². The summed E-state index contributed by atoms with van der Waals surface area (Å²) in [5, 5.41) is 0.0599. The fourth-order valence-electron chi connectivity index (χ4n) is 1.28. The Hall–Kier alpha value is -1.32. The number of hydrogen-bond acceptors (Lipinski definition) is 2. The molecule has 5 heteroatoms. The molecule has 0 aliphatic carbocycles. The number of halogens is 3. The fourth-order valence-corrected chi connectivity index (χ4v) is 1.60. The lowest BCUT2D eigenvalue weighted by molar-refractivity contribution is 0.472. The first-order valence-corrected chi connectivity index (χ1v) is 5.73. The molecular formula is C12H8Cl2FNO. The molecule has 0 bridgehead atoms. The van der Waals surface area contributed by atoms with Crippen molar-refractivity contribution in [3.63, 3.8) is 0 Å². The quantitative estimate of drug-likeness (QED) is 0.772. The second kappa shape index (κ2) is 5.34. The molecular weight excluding hydrogens is 264 g/mol. The van der Waals surface area contributed by atoms with Crippen LogP contribution in [0.25, 0.3) is 0 Å². The highest BCUT2D eigenvalue weighted by atomic mass is 35.5. The molecule has 1 heterocycles. The van der Waals surface area contributed by atoms with E-state index in [9.17, 15) is 4.39 Å². The van der Waals surface area contributed by atoms with E-state index in [1.165, 1.54) is 12.1 Å². The van der Waals surface area contributed by atoms with Crippen LogP contribution in [0.4, 0.5) is 4.39 Å². The van der Waals surface area contributed by atoms with Crippen molar-refractivity contribution in [2.24, 2.45) is 0 Å². The van der Waals surface area contributed by atoms with Crippen molar-refractivity contribution in [2.45, 2.75) is 5.88 Å². The Kier molecular flexibility index (Phi) is 3.82. The van der Waals surface area contributed by atoms with Gasteiger partial charge < -0.3 is 4.74 Å². The van der Waals surface area contributed by atoms with Gasteiger partial charge in [0.25, 0.3) is 0 Å². The lowest BCUT2D eigenvalue weighted by Crippen LogP contribution is -1.91. The van der Waals surface area contributed by atoms with Crippen LogP contribution in [0.3, 0.4) is 0 Å². The van der Waals surface area contributed by atoms with Crippen LogP contribution < -0.4 is 4.74 Å². The minimum atomic E-state index is -0.523. The molecule has 88 valence electrons. The van der Waals surface area contributed by atoms with Crippen molar-refractivity contribution in [1.82, 2.24) is 4.98 Å². The summed E-state index contributed by atoms with van der Waals surface area (Å²) in [6.45, 7) is 0. The summed E-state index contributed by atoms with van der Waals surface area (Å²) in [6.07, 6.45) is 3.19. The zero-order valence-corrected chi connectivity index (χ0v) is 10.2. The summed E-state index contributed by atoms with van der Waals surface area (Å²) in [7, 11) is 0. The largest absolute Gasteiger partial charge is 0.457 e. The van der Waals surface area contributed by atoms with E-state index in [2.05, 4.69) is 4.98 Å². The van der Waals surface area contributed by atoms with Crippen LogP contribution in [0, 0.1) is 5.82 Å². The summed E-state index contributed by atoms with van der Waals surface area (Å²) in [6, 6.07) is 5.92. The predicted octanol–water partition coefficient (Wildman–Crippen LogP) is 4.41. The van der Waals surface area contributed by atoms with Gasteiger partial charge >= 0.3 is 0 Å². The second-order valence-electron chi connectivity index (χ2n) is 3.30. The van der Waals surface area contributed by atoms with Gasteiger partial charge in [-0.1, -0.05) is 11.6 Å². The van der Waals surface area contributed by atoms with Crippen molar-refractivity contribution in [3.8, 4) is 11.5 Å². The molecule has 0 radical (unpaired) electrons. The molecule has 1 aromatic heterocycles. The average Bonchev–Trinajstić information content (AvgIpc) is 2.34. The molecule has 0 N–H and O–H groups in total. The summed E-state index contributed by atoms with van der Waals surface area (Å²) in [4.78, 5) is 3.93. The third kappa shape index (κ3) is 2.87. The first kappa shape index (κ1) is 12.1. The second-order valence-corrected chi connectivity index (χ2v) is 3.97. The Balaban J connectivity index is 2.28. The topological polar surface area (TPSA) is 22.1 Å². The van der Waals surface area contributed by atoms with E-state index in [-0.39, 0.29) is 10.9 Å². The molecule has 0 unspecified atom stereocenters. The Bertz CT molecular complexity index is 534. The zero-order valence-electron chi connectivity index (χ0n) is 8.66. The van der Waals surface area contributed by atoms with Gasteiger partial charge in [0.2, 0.25) is 0 Å². The van der Waals surface area contributed by atoms with Crippen LogP contribution in [-0.2, 0) is 5.88 Å². The van der Waals surface area contributed by atoms with Crippen molar-refractivity contribution < 1.29 is 9.13 Å². The van der Waals surface area contributed by atoms with Crippen LogP contribution >= 0.6 is 23.2 Å². The highest BCUT2D eigenvalue weighted by Gasteiger charge is 2.06. The summed E-state index contributed by atoms with van der Waals surface area (Å²) < 4.78 is 18.7. The Morgan fingerprint density at radius 2 is 2.12 bits per heavy atom. The number of benzene rings is 1. The van der Waals surface area contributed by atoms with Crippen molar-refractivity contribution >= 4 is 23.2 Å². The van der Waals surface area contributed by atoms with Crippen LogP contribution in [-0.4, -0.2) is 4.98 Å². The number of nitrogens with zero attached hydrogens (tertiary/aromatic N) is 1. The third-order valence-corrected chi connectivity index (χ3v) is 2.72. The van der Waals surface area contributed by atoms with Crippen molar-refractivity contribution in [1.29, 1.82) is 0 Å². The number of alkyl halides is 1. The van der Waals surface area contributed by atoms with Gasteiger partial charge in [-0.25, -0.2) is 4.39 Å². The van der Waals surface area contributed by atoms with Gasteiger partial charge in [0.15, 0.2) is 0 Å². The number of rotatable bonds is 3. The molecule has 1 aromatic carbocycles. The number of ether oxygens (including phenoxy) is 1. The zero-order chi connectivity index (χ0) is 12.3. The van der Waals surface area contributed by atoms with E-state index in [0.29, 0.717) is 11.5 Å². The molecule has 17 heavy (non-hydrogen) atoms. The lowest BCUT2D eigenvalue weighted by Gasteiger charge is -2.09. The van der Waals surface area contributed by atoms with Crippen LogP contribution in [0.5, 0.6) is 11.5 Å². The van der Waals surface area contributed by atoms with Gasteiger partial charge in [-0.2, -0.15) is 0 Å². The van der Waals surface area contributed by atoms with Crippen LogP contribution in [0.1, 0.15) is 5.56 Å². The smallest absolute Gasteiger partial charge is 0.145 e. The molecule has 2 nitrogen and oxygen atoms in total. The Morgan fingerprint density at radius 3 is 2.82 bits per heavy atom. The minimum Gasteiger partial charge on any atom is -0.457 e. The molecule has 0 spiro atoms. The number of hydrogen-bond donors (Lipinski definition) is 0. The molecule has 2 rings (SSSR count). The summed E-state index contributed by atoms with van der Waals surface area (Å²) in [5.74, 6) is 0.672. The maximum absolute atomic E-state index is 13.2. The molecule has 0 atom stereocenters. The number of pyridine rings is 1. The SMILES string of the molecule is Fc1cc(Oc2ccncc2CCl)ccc1Cl. The first-order chi connectivity index (χ1) is 8.20. The summed E-state index contributed by atoms with van der Waals surface area (Å²) in [5.41, 5.74) is 0.740.